The molecule has 184 valence electrons. The molecular formula is C26H50O5. The molecule has 0 aliphatic carbocycles. The van der Waals surface area contributed by atoms with Crippen LogP contribution < -0.4 is 0 Å². The average molecular weight is 443 g/mol. The largest absolute Gasteiger partial charge is 0.394 e. The molecule has 0 aromatic heterocycles. The van der Waals surface area contributed by atoms with E-state index >= 15 is 0 Å². The van der Waals surface area contributed by atoms with Crippen LogP contribution in [0.2, 0.25) is 0 Å². The topological polar surface area (TPSA) is 79.2 Å². The fraction of sp³-hybridized carbons (Fsp3) is 0.923. The van der Waals surface area contributed by atoms with Gasteiger partial charge in [-0.05, 0) is 19.3 Å². The molecule has 0 aromatic rings. The molecule has 1 heterocycles. The maximum Gasteiger partial charge on any atom is 0.114 e. The second-order valence-electron chi connectivity index (χ2n) is 9.18. The van der Waals surface area contributed by atoms with Gasteiger partial charge in [0.2, 0.25) is 0 Å². The van der Waals surface area contributed by atoms with Gasteiger partial charge in [0, 0.05) is 6.61 Å². The summed E-state index contributed by atoms with van der Waals surface area (Å²) in [7, 11) is 0. The Bertz CT molecular complexity index is 403. The molecule has 0 radical (unpaired) electrons. The van der Waals surface area contributed by atoms with E-state index in [1.54, 1.807) is 0 Å². The Balaban J connectivity index is 1.79. The van der Waals surface area contributed by atoms with E-state index in [1.165, 1.54) is 96.3 Å². The Morgan fingerprint density at radius 3 is 1.65 bits per heavy atom. The molecular weight excluding hydrogens is 392 g/mol. The molecule has 0 saturated carbocycles. The van der Waals surface area contributed by atoms with E-state index in [4.69, 9.17) is 9.47 Å². The Labute approximate surface area is 191 Å². The van der Waals surface area contributed by atoms with Gasteiger partial charge in [0.05, 0.1) is 13.2 Å². The number of allylic oxidation sites excluding steroid dienone is 1. The Morgan fingerprint density at radius 2 is 1.19 bits per heavy atom. The maximum atomic E-state index is 10.1. The molecule has 4 atom stereocenters. The van der Waals surface area contributed by atoms with Crippen LogP contribution in [0, 0.1) is 0 Å². The number of aliphatic hydroxyl groups excluding tert-OH is 3. The zero-order valence-electron chi connectivity index (χ0n) is 19.9. The van der Waals surface area contributed by atoms with E-state index < -0.39 is 24.4 Å². The van der Waals surface area contributed by atoms with Crippen molar-refractivity contribution in [3.8, 4) is 0 Å². The summed E-state index contributed by atoms with van der Waals surface area (Å²) in [6, 6.07) is 0. The van der Waals surface area contributed by atoms with Crippen LogP contribution in [0.5, 0.6) is 0 Å². The third-order valence-corrected chi connectivity index (χ3v) is 6.37. The van der Waals surface area contributed by atoms with Crippen LogP contribution in [0.1, 0.15) is 109 Å². The molecule has 0 aromatic carbocycles. The minimum atomic E-state index is -0.971. The first kappa shape index (κ1) is 28.6. The second-order valence-corrected chi connectivity index (χ2v) is 9.18. The SMILES string of the molecule is C=CCCCCCCCCCCCCCCCCCCO[C@H]1[C@H](O)[C@@H](CO)OC[C@@H]1O. The molecule has 1 aliphatic rings. The van der Waals surface area contributed by atoms with Crippen LogP contribution in [0.3, 0.4) is 0 Å². The van der Waals surface area contributed by atoms with Crippen molar-refractivity contribution in [3.63, 3.8) is 0 Å². The summed E-state index contributed by atoms with van der Waals surface area (Å²) in [5, 5.41) is 29.2. The molecule has 0 amide bonds. The first-order valence-electron chi connectivity index (χ1n) is 13.0. The molecule has 31 heavy (non-hydrogen) atoms. The molecule has 1 saturated heterocycles. The summed E-state index contributed by atoms with van der Waals surface area (Å²) in [4.78, 5) is 0. The molecule has 0 spiro atoms. The highest BCUT2D eigenvalue weighted by molar-refractivity contribution is 4.87. The molecule has 5 nitrogen and oxygen atoms in total. The van der Waals surface area contributed by atoms with E-state index in [9.17, 15) is 15.3 Å². The van der Waals surface area contributed by atoms with Crippen molar-refractivity contribution in [1.82, 2.24) is 0 Å². The molecule has 3 N–H and O–H groups in total. The predicted molar refractivity (Wildman–Crippen MR) is 127 cm³/mol. The van der Waals surface area contributed by atoms with Crippen LogP contribution in [0.4, 0.5) is 0 Å². The minimum Gasteiger partial charge on any atom is -0.394 e. The van der Waals surface area contributed by atoms with Crippen molar-refractivity contribution in [2.75, 3.05) is 19.8 Å². The number of hydrogen-bond acceptors (Lipinski definition) is 5. The van der Waals surface area contributed by atoms with Gasteiger partial charge in [-0.15, -0.1) is 6.58 Å². The quantitative estimate of drug-likeness (QED) is 0.166. The smallest absolute Gasteiger partial charge is 0.114 e. The highest BCUT2D eigenvalue weighted by Gasteiger charge is 2.38. The highest BCUT2D eigenvalue weighted by Crippen LogP contribution is 2.19. The van der Waals surface area contributed by atoms with Gasteiger partial charge in [-0.25, -0.2) is 0 Å². The summed E-state index contributed by atoms with van der Waals surface area (Å²) in [5.41, 5.74) is 0. The lowest BCUT2D eigenvalue weighted by Gasteiger charge is -2.37. The Hall–Kier alpha value is -0.460. The summed E-state index contributed by atoms with van der Waals surface area (Å²) in [5.74, 6) is 0. The van der Waals surface area contributed by atoms with Crippen LogP contribution in [-0.2, 0) is 9.47 Å². The molecule has 1 aliphatic heterocycles. The van der Waals surface area contributed by atoms with Crippen LogP contribution in [0.25, 0.3) is 0 Å². The van der Waals surface area contributed by atoms with Crippen molar-refractivity contribution >= 4 is 0 Å². The van der Waals surface area contributed by atoms with E-state index in [1.807, 2.05) is 6.08 Å². The summed E-state index contributed by atoms with van der Waals surface area (Å²) >= 11 is 0. The van der Waals surface area contributed by atoms with Gasteiger partial charge in [-0.3, -0.25) is 0 Å². The third kappa shape index (κ3) is 14.3. The molecule has 1 rings (SSSR count). The highest BCUT2D eigenvalue weighted by atomic mass is 16.6. The lowest BCUT2D eigenvalue weighted by molar-refractivity contribution is -0.210. The van der Waals surface area contributed by atoms with Crippen LogP contribution in [0.15, 0.2) is 12.7 Å². The van der Waals surface area contributed by atoms with Gasteiger partial charge >= 0.3 is 0 Å². The first-order chi connectivity index (χ1) is 15.2. The Kier molecular flexibility index (Phi) is 18.6. The molecule has 1 fully saturated rings. The maximum absolute atomic E-state index is 10.1. The van der Waals surface area contributed by atoms with Gasteiger partial charge < -0.3 is 24.8 Å². The summed E-state index contributed by atoms with van der Waals surface area (Å²) in [6.07, 6.45) is 21.2. The lowest BCUT2D eigenvalue weighted by Crippen LogP contribution is -2.55. The van der Waals surface area contributed by atoms with Crippen molar-refractivity contribution in [2.24, 2.45) is 0 Å². The fourth-order valence-electron chi connectivity index (χ4n) is 4.31. The molecule has 0 bridgehead atoms. The number of rotatable bonds is 21. The van der Waals surface area contributed by atoms with Crippen molar-refractivity contribution in [1.29, 1.82) is 0 Å². The van der Waals surface area contributed by atoms with E-state index in [-0.39, 0.29) is 13.2 Å². The van der Waals surface area contributed by atoms with Gasteiger partial charge in [0.15, 0.2) is 0 Å². The Morgan fingerprint density at radius 1 is 0.742 bits per heavy atom. The van der Waals surface area contributed by atoms with E-state index in [0.717, 1.165) is 12.8 Å². The van der Waals surface area contributed by atoms with E-state index in [2.05, 4.69) is 6.58 Å². The zero-order chi connectivity index (χ0) is 22.6. The second kappa shape index (κ2) is 20.2. The first-order valence-corrected chi connectivity index (χ1v) is 13.0. The molecule has 5 heteroatoms. The molecule has 0 unspecified atom stereocenters. The van der Waals surface area contributed by atoms with Gasteiger partial charge in [0.25, 0.3) is 0 Å². The van der Waals surface area contributed by atoms with Crippen LogP contribution >= 0.6 is 0 Å². The lowest BCUT2D eigenvalue weighted by atomic mass is 10.0. The average Bonchev–Trinajstić information content (AvgIpc) is 2.77. The number of hydrogen-bond donors (Lipinski definition) is 3. The monoisotopic (exact) mass is 442 g/mol. The van der Waals surface area contributed by atoms with Crippen molar-refractivity contribution in [2.45, 2.75) is 134 Å². The number of unbranched alkanes of at least 4 members (excludes halogenated alkanes) is 16. The van der Waals surface area contributed by atoms with Gasteiger partial charge in [-0.2, -0.15) is 0 Å². The van der Waals surface area contributed by atoms with Crippen LogP contribution in [-0.4, -0.2) is 59.6 Å². The van der Waals surface area contributed by atoms with E-state index in [0.29, 0.717) is 6.61 Å². The summed E-state index contributed by atoms with van der Waals surface area (Å²) in [6.45, 7) is 4.14. The zero-order valence-corrected chi connectivity index (χ0v) is 19.9. The standard InChI is InChI=1S/C26H50O5/c1-2-3-4-5-6-7-8-9-10-11-12-13-14-15-16-17-18-19-20-30-26-23(28)22-31-24(21-27)25(26)29/h2,23-29H,1,3-22H2/t23-,24+,25+,26+/m0/s1. The minimum absolute atomic E-state index is 0.101. The predicted octanol–water partition coefficient (Wildman–Crippen LogP) is 5.30. The fourth-order valence-corrected chi connectivity index (χ4v) is 4.31. The summed E-state index contributed by atoms with van der Waals surface area (Å²) < 4.78 is 10.9. The third-order valence-electron chi connectivity index (χ3n) is 6.37. The van der Waals surface area contributed by atoms with Gasteiger partial charge in [0.1, 0.15) is 24.4 Å². The number of aliphatic hydroxyl groups is 3. The van der Waals surface area contributed by atoms with Gasteiger partial charge in [-0.1, -0.05) is 96.0 Å². The normalized spacial score (nSPS) is 23.8. The van der Waals surface area contributed by atoms with Crippen molar-refractivity contribution in [3.05, 3.63) is 12.7 Å². The number of ether oxygens (including phenoxy) is 2. The van der Waals surface area contributed by atoms with Crippen molar-refractivity contribution < 1.29 is 24.8 Å².